The summed E-state index contributed by atoms with van der Waals surface area (Å²) in [6, 6.07) is 9.82. The first-order valence-electron chi connectivity index (χ1n) is 7.52. The van der Waals surface area contributed by atoms with Gasteiger partial charge < -0.3 is 4.90 Å². The minimum absolute atomic E-state index is 0.124. The lowest BCUT2D eigenvalue weighted by Crippen LogP contribution is -2.42. The molecule has 0 bridgehead atoms. The van der Waals surface area contributed by atoms with E-state index in [1.807, 2.05) is 47.5 Å². The molecule has 0 saturated carbocycles. The van der Waals surface area contributed by atoms with E-state index in [0.717, 1.165) is 36.0 Å². The van der Waals surface area contributed by atoms with Crippen molar-refractivity contribution in [3.8, 4) is 0 Å². The first-order valence-corrected chi connectivity index (χ1v) is 7.52. The summed E-state index contributed by atoms with van der Waals surface area (Å²) in [6.45, 7) is 7.75. The molecule has 1 aromatic carbocycles. The first-order chi connectivity index (χ1) is 10.2. The average Bonchev–Trinajstić information content (AvgIpc) is 2.54. The number of amides is 1. The van der Waals surface area contributed by atoms with Crippen LogP contribution in [0, 0.1) is 11.8 Å². The van der Waals surface area contributed by atoms with Crippen molar-refractivity contribution in [2.75, 3.05) is 13.1 Å². The zero-order valence-corrected chi connectivity index (χ0v) is 12.4. The Morgan fingerprint density at radius 3 is 3.00 bits per heavy atom. The van der Waals surface area contributed by atoms with E-state index < -0.39 is 0 Å². The van der Waals surface area contributed by atoms with Crippen LogP contribution in [0.2, 0.25) is 0 Å². The zero-order chi connectivity index (χ0) is 14.8. The van der Waals surface area contributed by atoms with Gasteiger partial charge in [-0.25, -0.2) is 4.98 Å². The van der Waals surface area contributed by atoms with Crippen molar-refractivity contribution in [3.05, 3.63) is 54.7 Å². The Morgan fingerprint density at radius 1 is 1.38 bits per heavy atom. The zero-order valence-electron chi connectivity index (χ0n) is 12.4. The minimum atomic E-state index is 0.124. The van der Waals surface area contributed by atoms with E-state index in [9.17, 15) is 4.79 Å². The SMILES string of the molecule is C=CC1CN(C(=O)c2cc[nH+]c3ccccc23)CCC1C. The summed E-state index contributed by atoms with van der Waals surface area (Å²) in [5.74, 6) is 1.12. The molecule has 2 aromatic rings. The minimum Gasteiger partial charge on any atom is -0.338 e. The van der Waals surface area contributed by atoms with Gasteiger partial charge in [0.15, 0.2) is 6.20 Å². The molecule has 3 nitrogen and oxygen atoms in total. The number of pyridine rings is 1. The highest BCUT2D eigenvalue weighted by Gasteiger charge is 2.28. The number of aromatic nitrogens is 1. The maximum Gasteiger partial charge on any atom is 0.254 e. The normalized spacial score (nSPS) is 22.2. The van der Waals surface area contributed by atoms with E-state index in [0.29, 0.717) is 11.8 Å². The molecule has 2 atom stereocenters. The summed E-state index contributed by atoms with van der Waals surface area (Å²) in [6.07, 6.45) is 4.87. The van der Waals surface area contributed by atoms with Crippen LogP contribution < -0.4 is 4.98 Å². The number of nitrogens with one attached hydrogen (secondary N) is 1. The van der Waals surface area contributed by atoms with Crippen LogP contribution in [0.5, 0.6) is 0 Å². The molecule has 21 heavy (non-hydrogen) atoms. The number of hydrogen-bond donors (Lipinski definition) is 0. The van der Waals surface area contributed by atoms with Gasteiger partial charge in [0, 0.05) is 25.2 Å². The number of para-hydroxylation sites is 1. The third kappa shape index (κ3) is 2.56. The molecule has 1 fully saturated rings. The molecule has 1 aliphatic rings. The number of likely N-dealkylation sites (tertiary alicyclic amines) is 1. The van der Waals surface area contributed by atoms with E-state index >= 15 is 0 Å². The Hall–Kier alpha value is -2.16. The molecule has 1 aromatic heterocycles. The van der Waals surface area contributed by atoms with Crippen molar-refractivity contribution in [3.63, 3.8) is 0 Å². The third-order valence-electron chi connectivity index (χ3n) is 4.54. The van der Waals surface area contributed by atoms with Crippen LogP contribution in [0.3, 0.4) is 0 Å². The fraction of sp³-hybridized carbons (Fsp3) is 0.333. The summed E-state index contributed by atoms with van der Waals surface area (Å²) in [5, 5.41) is 0.985. The van der Waals surface area contributed by atoms with Crippen molar-refractivity contribution in [1.29, 1.82) is 0 Å². The standard InChI is InChI=1S/C18H20N2O/c1-3-14-12-20(11-9-13(14)2)18(21)16-8-10-19-17-7-5-4-6-15(16)17/h3-8,10,13-14H,1,9,11-12H2,2H3/p+1. The van der Waals surface area contributed by atoms with Crippen LogP contribution in [0.4, 0.5) is 0 Å². The van der Waals surface area contributed by atoms with Gasteiger partial charge in [-0.3, -0.25) is 4.79 Å². The van der Waals surface area contributed by atoms with Crippen LogP contribution in [0.25, 0.3) is 10.9 Å². The van der Waals surface area contributed by atoms with Gasteiger partial charge in [0.05, 0.1) is 10.9 Å². The quantitative estimate of drug-likeness (QED) is 0.779. The van der Waals surface area contributed by atoms with Crippen molar-refractivity contribution in [2.45, 2.75) is 13.3 Å². The second-order valence-electron chi connectivity index (χ2n) is 5.85. The first kappa shape index (κ1) is 13.8. The summed E-state index contributed by atoms with van der Waals surface area (Å²) in [5.41, 5.74) is 1.77. The van der Waals surface area contributed by atoms with E-state index in [2.05, 4.69) is 18.5 Å². The van der Waals surface area contributed by atoms with Crippen LogP contribution in [0.15, 0.2) is 49.2 Å². The smallest absolute Gasteiger partial charge is 0.254 e. The number of aromatic amines is 1. The predicted octanol–water partition coefficient (Wildman–Crippen LogP) is 2.94. The maximum absolute atomic E-state index is 12.9. The fourth-order valence-electron chi connectivity index (χ4n) is 3.10. The second kappa shape index (κ2) is 5.68. The molecule has 0 spiro atoms. The van der Waals surface area contributed by atoms with Gasteiger partial charge in [0.2, 0.25) is 5.52 Å². The van der Waals surface area contributed by atoms with Crippen LogP contribution >= 0.6 is 0 Å². The van der Waals surface area contributed by atoms with E-state index in [-0.39, 0.29) is 5.91 Å². The van der Waals surface area contributed by atoms with Crippen LogP contribution in [-0.4, -0.2) is 23.9 Å². The molecular formula is C18H21N2O+. The van der Waals surface area contributed by atoms with Gasteiger partial charge in [-0.15, -0.1) is 6.58 Å². The van der Waals surface area contributed by atoms with Crippen molar-refractivity contribution in [2.24, 2.45) is 11.8 Å². The Labute approximate surface area is 125 Å². The molecule has 2 unspecified atom stereocenters. The molecule has 3 heteroatoms. The van der Waals surface area contributed by atoms with Gasteiger partial charge in [-0.1, -0.05) is 25.1 Å². The number of carbonyl (C=O) groups excluding carboxylic acids is 1. The Balaban J connectivity index is 1.92. The van der Waals surface area contributed by atoms with Gasteiger partial charge in [0.25, 0.3) is 5.91 Å². The largest absolute Gasteiger partial charge is 0.338 e. The number of rotatable bonds is 2. The summed E-state index contributed by atoms with van der Waals surface area (Å²) < 4.78 is 0. The van der Waals surface area contributed by atoms with Gasteiger partial charge in [-0.2, -0.15) is 0 Å². The van der Waals surface area contributed by atoms with Crippen LogP contribution in [0.1, 0.15) is 23.7 Å². The fourth-order valence-corrected chi connectivity index (χ4v) is 3.10. The number of fused-ring (bicyclic) bond motifs is 1. The van der Waals surface area contributed by atoms with Gasteiger partial charge >= 0.3 is 0 Å². The number of piperidine rings is 1. The lowest BCUT2D eigenvalue weighted by molar-refractivity contribution is -0.344. The molecule has 3 rings (SSSR count). The van der Waals surface area contributed by atoms with Crippen molar-refractivity contribution >= 4 is 16.8 Å². The predicted molar refractivity (Wildman–Crippen MR) is 83.9 cm³/mol. The second-order valence-corrected chi connectivity index (χ2v) is 5.85. The van der Waals surface area contributed by atoms with Crippen molar-refractivity contribution < 1.29 is 9.78 Å². The molecule has 1 saturated heterocycles. The van der Waals surface area contributed by atoms with E-state index in [1.54, 1.807) is 0 Å². The summed E-state index contributed by atoms with van der Waals surface area (Å²) in [7, 11) is 0. The number of carbonyl (C=O) groups is 1. The van der Waals surface area contributed by atoms with Gasteiger partial charge in [-0.05, 0) is 24.3 Å². The highest BCUT2D eigenvalue weighted by Crippen LogP contribution is 2.26. The Morgan fingerprint density at radius 2 is 2.19 bits per heavy atom. The van der Waals surface area contributed by atoms with Crippen molar-refractivity contribution in [1.82, 2.24) is 4.90 Å². The Kier molecular flexibility index (Phi) is 3.74. The lowest BCUT2D eigenvalue weighted by Gasteiger charge is -2.35. The van der Waals surface area contributed by atoms with E-state index in [1.165, 1.54) is 0 Å². The summed E-state index contributed by atoms with van der Waals surface area (Å²) >= 11 is 0. The Bertz CT molecular complexity index is 674. The molecule has 1 N–H and O–H groups in total. The van der Waals surface area contributed by atoms with Crippen LogP contribution in [-0.2, 0) is 0 Å². The van der Waals surface area contributed by atoms with Gasteiger partial charge in [0.1, 0.15) is 0 Å². The highest BCUT2D eigenvalue weighted by atomic mass is 16.2. The molecule has 2 heterocycles. The lowest BCUT2D eigenvalue weighted by atomic mass is 9.87. The number of hydrogen-bond acceptors (Lipinski definition) is 1. The number of nitrogens with zero attached hydrogens (tertiary/aromatic N) is 1. The monoisotopic (exact) mass is 281 g/mol. The maximum atomic E-state index is 12.9. The third-order valence-corrected chi connectivity index (χ3v) is 4.54. The topological polar surface area (TPSA) is 34.5 Å². The molecular weight excluding hydrogens is 260 g/mol. The molecule has 0 aliphatic carbocycles. The summed E-state index contributed by atoms with van der Waals surface area (Å²) in [4.78, 5) is 18.0. The average molecular weight is 281 g/mol. The molecule has 1 amide bonds. The van der Waals surface area contributed by atoms with E-state index in [4.69, 9.17) is 0 Å². The number of H-pyrrole nitrogens is 1. The molecule has 1 aliphatic heterocycles. The highest BCUT2D eigenvalue weighted by molar-refractivity contribution is 6.05. The molecule has 0 radical (unpaired) electrons. The number of benzene rings is 1. The molecule has 108 valence electrons.